The molecule has 1 N–H and O–H groups in total. The second-order valence-corrected chi connectivity index (χ2v) is 6.79. The van der Waals surface area contributed by atoms with E-state index in [2.05, 4.69) is 0 Å². The van der Waals surface area contributed by atoms with Crippen LogP contribution in [0.1, 0.15) is 51.4 Å². The topological polar surface area (TPSA) is 57.6 Å². The molecule has 0 spiro atoms. The van der Waals surface area contributed by atoms with Gasteiger partial charge in [-0.15, -0.1) is 0 Å². The number of carbonyl (C=O) groups is 2. The highest BCUT2D eigenvalue weighted by atomic mass is 16.4. The summed E-state index contributed by atoms with van der Waals surface area (Å²) < 4.78 is 0. The van der Waals surface area contributed by atoms with E-state index in [0.717, 1.165) is 6.42 Å². The van der Waals surface area contributed by atoms with Crippen molar-refractivity contribution in [3.05, 3.63) is 0 Å². The van der Waals surface area contributed by atoms with Crippen molar-refractivity contribution in [1.82, 2.24) is 4.90 Å². The number of carbonyl (C=O) groups excluding carboxylic acids is 1. The second-order valence-electron chi connectivity index (χ2n) is 6.79. The Morgan fingerprint density at radius 3 is 2.05 bits per heavy atom. The number of amides is 1. The van der Waals surface area contributed by atoms with E-state index in [1.165, 1.54) is 25.7 Å². The maximum absolute atomic E-state index is 12.4. The van der Waals surface area contributed by atoms with E-state index in [4.69, 9.17) is 0 Å². The summed E-state index contributed by atoms with van der Waals surface area (Å²) >= 11 is 0. The van der Waals surface area contributed by atoms with Gasteiger partial charge in [-0.05, 0) is 50.4 Å². The molecule has 0 aromatic heterocycles. The molecule has 3 saturated carbocycles. The lowest BCUT2D eigenvalue weighted by atomic mass is 9.66. The molecule has 0 saturated heterocycles. The largest absolute Gasteiger partial charge is 0.481 e. The smallest absolute Gasteiger partial charge is 0.310 e. The Labute approximate surface area is 114 Å². The van der Waals surface area contributed by atoms with Crippen molar-refractivity contribution in [2.45, 2.75) is 57.4 Å². The fourth-order valence-electron chi connectivity index (χ4n) is 3.54. The summed E-state index contributed by atoms with van der Waals surface area (Å²) in [4.78, 5) is 25.7. The van der Waals surface area contributed by atoms with Gasteiger partial charge in [0.2, 0.25) is 5.91 Å². The van der Waals surface area contributed by atoms with Crippen LogP contribution in [0.5, 0.6) is 0 Å². The Bertz CT molecular complexity index is 382. The molecular weight excluding hydrogens is 242 g/mol. The van der Waals surface area contributed by atoms with Gasteiger partial charge in [-0.1, -0.05) is 6.42 Å². The van der Waals surface area contributed by atoms with Gasteiger partial charge in [-0.2, -0.15) is 0 Å². The zero-order chi connectivity index (χ0) is 13.6. The Morgan fingerprint density at radius 2 is 1.74 bits per heavy atom. The van der Waals surface area contributed by atoms with Crippen LogP contribution in [0, 0.1) is 17.3 Å². The number of nitrogens with zero attached hydrogens (tertiary/aromatic N) is 1. The first-order valence-corrected chi connectivity index (χ1v) is 7.52. The number of hydrogen-bond acceptors (Lipinski definition) is 2. The van der Waals surface area contributed by atoms with Crippen LogP contribution in [0.3, 0.4) is 0 Å². The summed E-state index contributed by atoms with van der Waals surface area (Å²) in [6.45, 7) is 0. The van der Waals surface area contributed by atoms with Crippen LogP contribution in [-0.2, 0) is 9.59 Å². The average Bonchev–Trinajstić information content (AvgIpc) is 3.14. The van der Waals surface area contributed by atoms with Gasteiger partial charge in [-0.3, -0.25) is 9.59 Å². The highest BCUT2D eigenvalue weighted by Crippen LogP contribution is 2.48. The molecule has 0 aromatic carbocycles. The van der Waals surface area contributed by atoms with Gasteiger partial charge in [0.15, 0.2) is 0 Å². The van der Waals surface area contributed by atoms with Crippen LogP contribution in [0.15, 0.2) is 0 Å². The SMILES string of the molecule is CN(C(=O)CC1(C(=O)O)CCC1)C(C1CC1)C1CC1. The van der Waals surface area contributed by atoms with Crippen molar-refractivity contribution in [1.29, 1.82) is 0 Å². The van der Waals surface area contributed by atoms with E-state index in [-0.39, 0.29) is 12.3 Å². The minimum absolute atomic E-state index is 0.0471. The number of carboxylic acids is 1. The summed E-state index contributed by atoms with van der Waals surface area (Å²) in [5.74, 6) is 0.632. The molecule has 0 radical (unpaired) electrons. The van der Waals surface area contributed by atoms with E-state index < -0.39 is 11.4 Å². The van der Waals surface area contributed by atoms with Crippen molar-refractivity contribution < 1.29 is 14.7 Å². The third-order valence-corrected chi connectivity index (χ3v) is 5.30. The van der Waals surface area contributed by atoms with Gasteiger partial charge in [0.1, 0.15) is 0 Å². The molecular formula is C15H23NO3. The first-order chi connectivity index (χ1) is 9.03. The standard InChI is InChI=1S/C15H23NO3/c1-16(13(10-3-4-10)11-5-6-11)12(17)9-15(14(18)19)7-2-8-15/h10-11,13H,2-9H2,1H3,(H,18,19). The molecule has 1 amide bonds. The van der Waals surface area contributed by atoms with Crippen LogP contribution < -0.4 is 0 Å². The average molecular weight is 265 g/mol. The van der Waals surface area contributed by atoms with E-state index in [9.17, 15) is 14.7 Å². The minimum Gasteiger partial charge on any atom is -0.481 e. The van der Waals surface area contributed by atoms with Crippen molar-refractivity contribution in [2.24, 2.45) is 17.3 Å². The highest BCUT2D eigenvalue weighted by Gasteiger charge is 2.49. The number of carboxylic acid groups (broad SMARTS) is 1. The molecule has 0 unspecified atom stereocenters. The highest BCUT2D eigenvalue weighted by molar-refractivity contribution is 5.85. The van der Waals surface area contributed by atoms with Crippen LogP contribution >= 0.6 is 0 Å². The van der Waals surface area contributed by atoms with E-state index in [1.54, 1.807) is 0 Å². The molecule has 4 heteroatoms. The lowest BCUT2D eigenvalue weighted by Gasteiger charge is -2.39. The summed E-state index contributed by atoms with van der Waals surface area (Å²) in [5, 5.41) is 9.33. The summed E-state index contributed by atoms with van der Waals surface area (Å²) in [6.07, 6.45) is 7.43. The maximum Gasteiger partial charge on any atom is 0.310 e. The van der Waals surface area contributed by atoms with E-state index >= 15 is 0 Å². The molecule has 4 nitrogen and oxygen atoms in total. The zero-order valence-corrected chi connectivity index (χ0v) is 11.6. The van der Waals surface area contributed by atoms with Crippen LogP contribution in [0.4, 0.5) is 0 Å². The molecule has 0 atom stereocenters. The lowest BCUT2D eigenvalue weighted by molar-refractivity contribution is -0.160. The molecule has 106 valence electrons. The Balaban J connectivity index is 1.64. The number of aliphatic carboxylic acids is 1. The first-order valence-electron chi connectivity index (χ1n) is 7.52. The normalized spacial score (nSPS) is 24.9. The summed E-state index contributed by atoms with van der Waals surface area (Å²) in [6, 6.07) is 0.387. The molecule has 19 heavy (non-hydrogen) atoms. The first kappa shape index (κ1) is 12.9. The molecule has 3 aliphatic rings. The van der Waals surface area contributed by atoms with Crippen molar-refractivity contribution >= 4 is 11.9 Å². The van der Waals surface area contributed by atoms with Gasteiger partial charge >= 0.3 is 5.97 Å². The molecule has 3 fully saturated rings. The van der Waals surface area contributed by atoms with E-state index in [0.29, 0.717) is 30.7 Å². The minimum atomic E-state index is -0.783. The molecule has 0 bridgehead atoms. The van der Waals surface area contributed by atoms with Crippen molar-refractivity contribution in [3.63, 3.8) is 0 Å². The van der Waals surface area contributed by atoms with Crippen molar-refractivity contribution in [3.8, 4) is 0 Å². The fourth-order valence-corrected chi connectivity index (χ4v) is 3.54. The zero-order valence-electron chi connectivity index (χ0n) is 11.6. The van der Waals surface area contributed by atoms with Crippen LogP contribution in [0.25, 0.3) is 0 Å². The number of hydrogen-bond donors (Lipinski definition) is 1. The third-order valence-electron chi connectivity index (χ3n) is 5.30. The van der Waals surface area contributed by atoms with Gasteiger partial charge in [0.05, 0.1) is 5.41 Å². The van der Waals surface area contributed by atoms with Crippen LogP contribution in [0.2, 0.25) is 0 Å². The monoisotopic (exact) mass is 265 g/mol. The number of rotatable bonds is 6. The predicted molar refractivity (Wildman–Crippen MR) is 70.5 cm³/mol. The third kappa shape index (κ3) is 2.37. The Hall–Kier alpha value is -1.06. The quantitative estimate of drug-likeness (QED) is 0.801. The molecule has 0 heterocycles. The Kier molecular flexibility index (Phi) is 3.06. The summed E-state index contributed by atoms with van der Waals surface area (Å²) in [5.41, 5.74) is -0.747. The van der Waals surface area contributed by atoms with Crippen LogP contribution in [-0.4, -0.2) is 35.0 Å². The van der Waals surface area contributed by atoms with Gasteiger partial charge in [-0.25, -0.2) is 0 Å². The molecule has 0 aromatic rings. The fraction of sp³-hybridized carbons (Fsp3) is 0.867. The van der Waals surface area contributed by atoms with Gasteiger partial charge in [0, 0.05) is 19.5 Å². The summed E-state index contributed by atoms with van der Waals surface area (Å²) in [7, 11) is 1.89. The lowest BCUT2D eigenvalue weighted by Crippen LogP contribution is -2.46. The van der Waals surface area contributed by atoms with Gasteiger partial charge < -0.3 is 10.0 Å². The van der Waals surface area contributed by atoms with E-state index in [1.807, 2.05) is 11.9 Å². The Morgan fingerprint density at radius 1 is 1.21 bits per heavy atom. The molecule has 3 aliphatic carbocycles. The second kappa shape index (κ2) is 4.50. The van der Waals surface area contributed by atoms with Crippen molar-refractivity contribution in [2.75, 3.05) is 7.05 Å². The van der Waals surface area contributed by atoms with Gasteiger partial charge in [0.25, 0.3) is 0 Å². The molecule has 0 aliphatic heterocycles. The maximum atomic E-state index is 12.4. The predicted octanol–water partition coefficient (Wildman–Crippen LogP) is 2.28. The molecule has 3 rings (SSSR count).